The fraction of sp³-hybridized carbons (Fsp3) is 0.0833. The second-order valence-electron chi connectivity index (χ2n) is 3.50. The van der Waals surface area contributed by atoms with Crippen LogP contribution in [-0.4, -0.2) is 12.3 Å². The molecule has 1 aromatic carbocycles. The normalized spacial score (nSPS) is 11.3. The van der Waals surface area contributed by atoms with Crippen LogP contribution in [-0.2, 0) is 4.84 Å². The Morgan fingerprint density at radius 2 is 1.89 bits per heavy atom. The maximum absolute atomic E-state index is 11.9. The molecule has 100 valence electrons. The highest BCUT2D eigenvalue weighted by Gasteiger charge is 2.31. The van der Waals surface area contributed by atoms with Crippen LogP contribution < -0.4 is 5.48 Å². The number of thiophene rings is 1. The monoisotopic (exact) mass is 287 g/mol. The van der Waals surface area contributed by atoms with Gasteiger partial charge < -0.3 is 0 Å². The molecule has 0 unspecified atom stereocenters. The summed E-state index contributed by atoms with van der Waals surface area (Å²) in [6.07, 6.45) is -4.91. The van der Waals surface area contributed by atoms with Crippen molar-refractivity contribution in [3.05, 3.63) is 47.3 Å². The topological polar surface area (TPSA) is 38.3 Å². The van der Waals surface area contributed by atoms with Crippen molar-refractivity contribution < 1.29 is 22.8 Å². The van der Waals surface area contributed by atoms with Gasteiger partial charge in [-0.3, -0.25) is 4.79 Å². The van der Waals surface area contributed by atoms with E-state index in [1.807, 2.05) is 5.38 Å². The fourth-order valence-corrected chi connectivity index (χ4v) is 2.25. The van der Waals surface area contributed by atoms with Crippen LogP contribution in [0.25, 0.3) is 10.4 Å². The summed E-state index contributed by atoms with van der Waals surface area (Å²) in [6, 6.07) is 9.94. The molecule has 0 saturated carbocycles. The van der Waals surface area contributed by atoms with Crippen molar-refractivity contribution in [3.8, 4) is 10.4 Å². The summed E-state index contributed by atoms with van der Waals surface area (Å²) in [5.74, 6) is -0.943. The third kappa shape index (κ3) is 3.55. The second kappa shape index (κ2) is 5.41. The fourth-order valence-electron chi connectivity index (χ4n) is 1.49. The van der Waals surface area contributed by atoms with Gasteiger partial charge in [0, 0.05) is 10.4 Å². The first-order chi connectivity index (χ1) is 8.97. The lowest BCUT2D eigenvalue weighted by Gasteiger charge is -2.10. The lowest BCUT2D eigenvalue weighted by atomic mass is 10.1. The number of benzene rings is 1. The highest BCUT2D eigenvalue weighted by Crippen LogP contribution is 2.28. The molecule has 3 nitrogen and oxygen atoms in total. The van der Waals surface area contributed by atoms with Crippen LogP contribution in [0.2, 0.25) is 0 Å². The van der Waals surface area contributed by atoms with Crippen molar-refractivity contribution in [2.45, 2.75) is 6.36 Å². The van der Waals surface area contributed by atoms with Gasteiger partial charge in [-0.05, 0) is 17.5 Å². The highest BCUT2D eigenvalue weighted by molar-refractivity contribution is 7.13. The minimum absolute atomic E-state index is 0.120. The number of hydrogen-bond acceptors (Lipinski definition) is 3. The Bertz CT molecular complexity index is 567. The van der Waals surface area contributed by atoms with Crippen LogP contribution in [0, 0.1) is 0 Å². The Morgan fingerprint density at radius 3 is 2.53 bits per heavy atom. The average Bonchev–Trinajstić information content (AvgIpc) is 2.89. The van der Waals surface area contributed by atoms with E-state index in [0.717, 1.165) is 4.88 Å². The maximum atomic E-state index is 11.9. The molecule has 0 atom stereocenters. The SMILES string of the molecule is O=C(NOC(F)(F)F)c1ccccc1-c1cccs1. The van der Waals surface area contributed by atoms with Gasteiger partial charge in [0.1, 0.15) is 0 Å². The first kappa shape index (κ1) is 13.6. The van der Waals surface area contributed by atoms with Crippen LogP contribution in [0.3, 0.4) is 0 Å². The van der Waals surface area contributed by atoms with Crippen molar-refractivity contribution in [1.82, 2.24) is 5.48 Å². The minimum Gasteiger partial charge on any atom is -0.267 e. The third-order valence-electron chi connectivity index (χ3n) is 2.22. The number of hydrogen-bond donors (Lipinski definition) is 1. The Morgan fingerprint density at radius 1 is 1.16 bits per heavy atom. The van der Waals surface area contributed by atoms with Crippen molar-refractivity contribution in [3.63, 3.8) is 0 Å². The first-order valence-electron chi connectivity index (χ1n) is 5.15. The van der Waals surface area contributed by atoms with Gasteiger partial charge in [-0.25, -0.2) is 5.48 Å². The molecule has 1 amide bonds. The molecule has 0 saturated heterocycles. The van der Waals surface area contributed by atoms with Gasteiger partial charge in [0.25, 0.3) is 5.91 Å². The molecule has 0 aliphatic rings. The maximum Gasteiger partial charge on any atom is 0.543 e. The number of carbonyl (C=O) groups excluding carboxylic acids is 1. The lowest BCUT2D eigenvalue weighted by molar-refractivity contribution is -0.343. The smallest absolute Gasteiger partial charge is 0.267 e. The Balaban J connectivity index is 2.23. The van der Waals surface area contributed by atoms with Gasteiger partial charge in [0.05, 0.1) is 5.56 Å². The summed E-state index contributed by atoms with van der Waals surface area (Å²) >= 11 is 1.39. The molecular weight excluding hydrogens is 279 g/mol. The van der Waals surface area contributed by atoms with Gasteiger partial charge in [-0.15, -0.1) is 24.5 Å². The van der Waals surface area contributed by atoms with E-state index >= 15 is 0 Å². The highest BCUT2D eigenvalue weighted by atomic mass is 32.1. The number of nitrogens with one attached hydrogen (secondary N) is 1. The van der Waals surface area contributed by atoms with Crippen LogP contribution in [0.15, 0.2) is 41.8 Å². The van der Waals surface area contributed by atoms with E-state index in [1.165, 1.54) is 22.9 Å². The number of hydroxylamine groups is 1. The molecule has 7 heteroatoms. The molecule has 2 aromatic rings. The van der Waals surface area contributed by atoms with Crippen molar-refractivity contribution in [2.24, 2.45) is 0 Å². The van der Waals surface area contributed by atoms with Gasteiger partial charge in [0.2, 0.25) is 0 Å². The average molecular weight is 287 g/mol. The Kier molecular flexibility index (Phi) is 3.87. The van der Waals surface area contributed by atoms with E-state index < -0.39 is 12.3 Å². The zero-order chi connectivity index (χ0) is 13.9. The van der Waals surface area contributed by atoms with E-state index in [2.05, 4.69) is 4.84 Å². The molecule has 0 aliphatic heterocycles. The van der Waals surface area contributed by atoms with Gasteiger partial charge in [0.15, 0.2) is 0 Å². The van der Waals surface area contributed by atoms with Crippen molar-refractivity contribution >= 4 is 17.2 Å². The molecule has 0 bridgehead atoms. The van der Waals surface area contributed by atoms with Gasteiger partial charge >= 0.3 is 6.36 Å². The molecule has 2 rings (SSSR count). The number of carbonyl (C=O) groups is 1. The number of halogens is 3. The molecule has 19 heavy (non-hydrogen) atoms. The summed E-state index contributed by atoms with van der Waals surface area (Å²) in [5.41, 5.74) is 2.06. The van der Waals surface area contributed by atoms with E-state index in [0.29, 0.717) is 5.56 Å². The minimum atomic E-state index is -4.91. The molecular formula is C12H8F3NO2S. The largest absolute Gasteiger partial charge is 0.543 e. The van der Waals surface area contributed by atoms with Crippen molar-refractivity contribution in [1.29, 1.82) is 0 Å². The van der Waals surface area contributed by atoms with E-state index in [-0.39, 0.29) is 5.56 Å². The zero-order valence-electron chi connectivity index (χ0n) is 9.40. The summed E-state index contributed by atoms with van der Waals surface area (Å²) in [5, 5.41) is 1.82. The summed E-state index contributed by atoms with van der Waals surface area (Å²) in [4.78, 5) is 15.8. The lowest BCUT2D eigenvalue weighted by Crippen LogP contribution is -2.31. The molecule has 1 N–H and O–H groups in total. The van der Waals surface area contributed by atoms with E-state index in [9.17, 15) is 18.0 Å². The molecule has 0 aliphatic carbocycles. The van der Waals surface area contributed by atoms with Crippen LogP contribution in [0.1, 0.15) is 10.4 Å². The standard InChI is InChI=1S/C12H8F3NO2S/c13-12(14,15)18-16-11(17)9-5-2-1-4-8(9)10-6-3-7-19-10/h1-7H,(H,16,17). The van der Waals surface area contributed by atoms with Gasteiger partial charge in [-0.2, -0.15) is 4.84 Å². The third-order valence-corrected chi connectivity index (χ3v) is 3.12. The zero-order valence-corrected chi connectivity index (χ0v) is 10.2. The quantitative estimate of drug-likeness (QED) is 0.876. The van der Waals surface area contributed by atoms with E-state index in [4.69, 9.17) is 0 Å². The molecule has 0 spiro atoms. The van der Waals surface area contributed by atoms with Crippen LogP contribution in [0.4, 0.5) is 13.2 Å². The van der Waals surface area contributed by atoms with Crippen LogP contribution >= 0.6 is 11.3 Å². The molecule has 1 heterocycles. The van der Waals surface area contributed by atoms with Gasteiger partial charge in [-0.1, -0.05) is 24.3 Å². The molecule has 1 aromatic heterocycles. The van der Waals surface area contributed by atoms with Crippen LogP contribution in [0.5, 0.6) is 0 Å². The number of rotatable bonds is 3. The van der Waals surface area contributed by atoms with E-state index in [1.54, 1.807) is 30.3 Å². The first-order valence-corrected chi connectivity index (χ1v) is 6.03. The Labute approximate surface area is 110 Å². The second-order valence-corrected chi connectivity index (χ2v) is 4.45. The summed E-state index contributed by atoms with van der Waals surface area (Å²) in [6.45, 7) is 0. The number of alkyl halides is 3. The van der Waals surface area contributed by atoms with Crippen molar-refractivity contribution in [2.75, 3.05) is 0 Å². The summed E-state index contributed by atoms with van der Waals surface area (Å²) in [7, 11) is 0. The molecule has 0 radical (unpaired) electrons. The predicted molar refractivity (Wildman–Crippen MR) is 64.4 cm³/mol. The summed E-state index contributed by atoms with van der Waals surface area (Å²) < 4.78 is 35.6. The number of amides is 1. The molecule has 0 fully saturated rings. The Hall–Kier alpha value is -1.86. The predicted octanol–water partition coefficient (Wildman–Crippen LogP) is 3.60.